The number of quaternary nitrogens is 1. The van der Waals surface area contributed by atoms with Crippen LogP contribution in [0.5, 0.6) is 0 Å². The molecular formula is C8H14NO3+. The van der Waals surface area contributed by atoms with Crippen LogP contribution in [0.2, 0.25) is 0 Å². The number of rotatable bonds is 1. The second-order valence-electron chi connectivity index (χ2n) is 3.51. The molecule has 0 aromatic rings. The number of hydrogen-bond donors (Lipinski definition) is 1. The second kappa shape index (κ2) is 2.86. The summed E-state index contributed by atoms with van der Waals surface area (Å²) in [5, 5.41) is 8.83. The molecule has 4 heteroatoms. The number of carbonyl (C=O) groups excluding carboxylic acids is 1. The maximum absolute atomic E-state index is 11.2. The topological polar surface area (TPSA) is 54.4 Å². The third-order valence-corrected chi connectivity index (χ3v) is 2.79. The number of aliphatic carboxylic acids is 1. The lowest BCUT2D eigenvalue weighted by molar-refractivity contribution is -0.837. The highest BCUT2D eigenvalue weighted by atomic mass is 16.4. The van der Waals surface area contributed by atoms with Gasteiger partial charge in [-0.05, 0) is 0 Å². The van der Waals surface area contributed by atoms with E-state index in [9.17, 15) is 9.59 Å². The molecule has 1 rings (SSSR count). The van der Waals surface area contributed by atoms with Crippen molar-refractivity contribution in [2.24, 2.45) is 0 Å². The van der Waals surface area contributed by atoms with Crippen LogP contribution in [-0.2, 0) is 9.59 Å². The molecule has 68 valence electrons. The third kappa shape index (κ3) is 1.22. The quantitative estimate of drug-likeness (QED) is 0.576. The fourth-order valence-electron chi connectivity index (χ4n) is 1.80. The number of likely N-dealkylation sites (N-methyl/N-ethyl adjacent to an activating group) is 1. The van der Waals surface area contributed by atoms with Gasteiger partial charge in [-0.25, -0.2) is 9.59 Å². The lowest BCUT2D eigenvalue weighted by Crippen LogP contribution is -2.54. The van der Waals surface area contributed by atoms with E-state index in [0.29, 0.717) is 13.0 Å². The monoisotopic (exact) mass is 172 g/mol. The van der Waals surface area contributed by atoms with Crippen LogP contribution in [0.4, 0.5) is 0 Å². The molecule has 1 heterocycles. The average molecular weight is 172 g/mol. The van der Waals surface area contributed by atoms with E-state index in [1.54, 1.807) is 7.05 Å². The minimum absolute atomic E-state index is 0.0556. The van der Waals surface area contributed by atoms with E-state index in [-0.39, 0.29) is 10.4 Å². The Bertz CT molecular complexity index is 226. The van der Waals surface area contributed by atoms with Gasteiger partial charge in [0, 0.05) is 12.8 Å². The molecule has 1 aliphatic rings. The highest BCUT2D eigenvalue weighted by molar-refractivity contribution is 5.76. The number of amides is 1. The van der Waals surface area contributed by atoms with Crippen LogP contribution in [0.1, 0.15) is 19.8 Å². The van der Waals surface area contributed by atoms with Crippen LogP contribution in [0.25, 0.3) is 0 Å². The number of hydrogen-bond acceptors (Lipinski definition) is 2. The summed E-state index contributed by atoms with van der Waals surface area (Å²) in [7, 11) is 1.70. The van der Waals surface area contributed by atoms with E-state index in [4.69, 9.17) is 5.11 Å². The average Bonchev–Trinajstić information content (AvgIpc) is 2.32. The first-order valence-electron chi connectivity index (χ1n) is 4.07. The molecule has 1 N–H and O–H groups in total. The lowest BCUT2D eigenvalue weighted by Gasteiger charge is -2.29. The van der Waals surface area contributed by atoms with Gasteiger partial charge in [0.05, 0.1) is 20.5 Å². The molecule has 0 saturated carbocycles. The summed E-state index contributed by atoms with van der Waals surface area (Å²) in [6.45, 7) is 2.12. The molecule has 1 saturated heterocycles. The van der Waals surface area contributed by atoms with Crippen LogP contribution in [-0.4, -0.2) is 41.1 Å². The van der Waals surface area contributed by atoms with E-state index >= 15 is 0 Å². The molecular weight excluding hydrogens is 158 g/mol. The van der Waals surface area contributed by atoms with Crippen molar-refractivity contribution >= 4 is 11.9 Å². The summed E-state index contributed by atoms with van der Waals surface area (Å²) >= 11 is 0. The van der Waals surface area contributed by atoms with Crippen LogP contribution in [0, 0.1) is 0 Å². The number of carboxylic acid groups (broad SMARTS) is 1. The summed E-state index contributed by atoms with van der Waals surface area (Å²) in [5.74, 6) is -0.912. The van der Waals surface area contributed by atoms with Gasteiger partial charge in [0.15, 0.2) is 6.04 Å². The van der Waals surface area contributed by atoms with Crippen molar-refractivity contribution in [2.45, 2.75) is 25.8 Å². The van der Waals surface area contributed by atoms with Crippen molar-refractivity contribution < 1.29 is 19.2 Å². The Kier molecular flexibility index (Phi) is 2.19. The molecule has 2 atom stereocenters. The zero-order valence-corrected chi connectivity index (χ0v) is 7.41. The van der Waals surface area contributed by atoms with Gasteiger partial charge in [-0.15, -0.1) is 0 Å². The first kappa shape index (κ1) is 9.19. The van der Waals surface area contributed by atoms with Gasteiger partial charge in [0.1, 0.15) is 0 Å². The largest absolute Gasteiger partial charge is 0.477 e. The first-order valence-corrected chi connectivity index (χ1v) is 4.07. The van der Waals surface area contributed by atoms with Gasteiger partial charge in [-0.2, -0.15) is 0 Å². The number of likely N-dealkylation sites (tertiary alicyclic amines) is 1. The van der Waals surface area contributed by atoms with Crippen molar-refractivity contribution in [1.29, 1.82) is 0 Å². The van der Waals surface area contributed by atoms with Crippen LogP contribution >= 0.6 is 0 Å². The smallest absolute Gasteiger partial charge is 0.363 e. The fraction of sp³-hybridized carbons (Fsp3) is 0.750. The van der Waals surface area contributed by atoms with E-state index in [0.717, 1.165) is 6.42 Å². The molecule has 1 amide bonds. The molecule has 0 spiro atoms. The van der Waals surface area contributed by atoms with Gasteiger partial charge in [0.25, 0.3) is 0 Å². The fourth-order valence-corrected chi connectivity index (χ4v) is 1.80. The Hall–Kier alpha value is -0.900. The highest BCUT2D eigenvalue weighted by Gasteiger charge is 2.46. The van der Waals surface area contributed by atoms with Gasteiger partial charge >= 0.3 is 11.9 Å². The Morgan fingerprint density at radius 1 is 1.50 bits per heavy atom. The maximum Gasteiger partial charge on any atom is 0.363 e. The molecule has 1 fully saturated rings. The van der Waals surface area contributed by atoms with Crippen molar-refractivity contribution in [2.75, 3.05) is 13.6 Å². The summed E-state index contributed by atoms with van der Waals surface area (Å²) < 4.78 is 0.0648. The molecule has 1 unspecified atom stereocenters. The zero-order chi connectivity index (χ0) is 9.35. The predicted molar refractivity (Wildman–Crippen MR) is 42.4 cm³/mol. The normalized spacial score (nSPS) is 35.0. The molecule has 4 nitrogen and oxygen atoms in total. The molecule has 0 aliphatic carbocycles. The molecule has 0 aromatic carbocycles. The molecule has 0 radical (unpaired) electrons. The summed E-state index contributed by atoms with van der Waals surface area (Å²) in [4.78, 5) is 21.9. The minimum atomic E-state index is -0.856. The van der Waals surface area contributed by atoms with E-state index < -0.39 is 12.0 Å². The van der Waals surface area contributed by atoms with Gasteiger partial charge in [-0.3, -0.25) is 4.48 Å². The lowest BCUT2D eigenvalue weighted by atomic mass is 10.2. The SMILES string of the molecule is CC(=O)[N@+]1(C)CCCC1C(=O)O. The zero-order valence-electron chi connectivity index (χ0n) is 7.41. The summed E-state index contributed by atoms with van der Waals surface area (Å²) in [5.41, 5.74) is 0. The Morgan fingerprint density at radius 3 is 2.42 bits per heavy atom. The Labute approximate surface area is 71.4 Å². The van der Waals surface area contributed by atoms with Crippen molar-refractivity contribution in [3.63, 3.8) is 0 Å². The van der Waals surface area contributed by atoms with Crippen molar-refractivity contribution in [3.05, 3.63) is 0 Å². The van der Waals surface area contributed by atoms with Gasteiger partial charge in [0.2, 0.25) is 0 Å². The third-order valence-electron chi connectivity index (χ3n) is 2.79. The van der Waals surface area contributed by atoms with Crippen LogP contribution in [0.3, 0.4) is 0 Å². The van der Waals surface area contributed by atoms with Crippen LogP contribution in [0.15, 0.2) is 0 Å². The van der Waals surface area contributed by atoms with E-state index in [2.05, 4.69) is 0 Å². The molecule has 12 heavy (non-hydrogen) atoms. The standard InChI is InChI=1S/C8H13NO3/c1-6(10)9(2)5-3-4-7(9)8(11)12/h7H,3-5H2,1-2H3/p+1/t7?,9-/m0/s1. The Balaban J connectivity index is 2.89. The highest BCUT2D eigenvalue weighted by Crippen LogP contribution is 2.24. The predicted octanol–water partition coefficient (Wildman–Crippen LogP) is 0.226. The van der Waals surface area contributed by atoms with Gasteiger partial charge in [-0.1, -0.05) is 0 Å². The number of carbonyl (C=O) groups is 2. The van der Waals surface area contributed by atoms with Gasteiger partial charge < -0.3 is 5.11 Å². The van der Waals surface area contributed by atoms with Crippen molar-refractivity contribution in [1.82, 2.24) is 0 Å². The number of nitrogens with zero attached hydrogens (tertiary/aromatic N) is 1. The van der Waals surface area contributed by atoms with E-state index in [1.807, 2.05) is 0 Å². The Morgan fingerprint density at radius 2 is 2.08 bits per heavy atom. The van der Waals surface area contributed by atoms with Crippen molar-refractivity contribution in [3.8, 4) is 0 Å². The first-order chi connectivity index (χ1) is 5.48. The number of carboxylic acids is 1. The molecule has 0 aromatic heterocycles. The maximum atomic E-state index is 11.2. The van der Waals surface area contributed by atoms with E-state index in [1.165, 1.54) is 6.92 Å². The molecule has 1 aliphatic heterocycles. The minimum Gasteiger partial charge on any atom is -0.477 e. The van der Waals surface area contributed by atoms with Crippen LogP contribution < -0.4 is 0 Å². The molecule has 0 bridgehead atoms. The summed E-state index contributed by atoms with van der Waals surface area (Å²) in [6.07, 6.45) is 1.44. The second-order valence-corrected chi connectivity index (χ2v) is 3.51. The summed E-state index contributed by atoms with van der Waals surface area (Å²) in [6, 6.07) is -0.525.